The minimum atomic E-state index is -0.308. The molecule has 0 aliphatic rings. The van der Waals surface area contributed by atoms with Gasteiger partial charge in [-0.15, -0.1) is 0 Å². The fourth-order valence-electron chi connectivity index (χ4n) is 1.58. The summed E-state index contributed by atoms with van der Waals surface area (Å²) in [5.41, 5.74) is 3.19. The lowest BCUT2D eigenvalue weighted by molar-refractivity contribution is 0.565. The minimum Gasteiger partial charge on any atom is -0.306 e. The van der Waals surface area contributed by atoms with Crippen LogP contribution in [0, 0.1) is 13.8 Å². The lowest BCUT2D eigenvalue weighted by atomic mass is 10.1. The van der Waals surface area contributed by atoms with E-state index in [1.807, 2.05) is 19.9 Å². The van der Waals surface area contributed by atoms with Crippen LogP contribution in [0.3, 0.4) is 0 Å². The van der Waals surface area contributed by atoms with Gasteiger partial charge in [0.25, 0.3) is 0 Å². The van der Waals surface area contributed by atoms with Gasteiger partial charge in [-0.2, -0.15) is 4.99 Å². The molecule has 0 saturated heterocycles. The van der Waals surface area contributed by atoms with Crippen LogP contribution in [0.5, 0.6) is 0 Å². The first-order chi connectivity index (χ1) is 7.13. The Morgan fingerprint density at radius 1 is 1.33 bits per heavy atom. The number of aromatic nitrogens is 2. The molecule has 0 saturated carbocycles. The smallest absolute Gasteiger partial charge is 0.306 e. The second-order valence-electron chi connectivity index (χ2n) is 3.37. The summed E-state index contributed by atoms with van der Waals surface area (Å²) in [6.45, 7) is 3.74. The molecule has 5 nitrogen and oxygen atoms in total. The van der Waals surface area contributed by atoms with E-state index in [-0.39, 0.29) is 5.69 Å². The molecule has 15 heavy (non-hydrogen) atoms. The predicted molar refractivity (Wildman–Crippen MR) is 56.2 cm³/mol. The van der Waals surface area contributed by atoms with Crippen LogP contribution in [-0.4, -0.2) is 16.0 Å². The highest BCUT2D eigenvalue weighted by molar-refractivity contribution is 5.90. The van der Waals surface area contributed by atoms with Gasteiger partial charge in [0.05, 0.1) is 11.0 Å². The Balaban J connectivity index is 3.00. The molecule has 0 radical (unpaired) electrons. The van der Waals surface area contributed by atoms with Crippen molar-refractivity contribution >= 4 is 22.8 Å². The average Bonchev–Trinajstić information content (AvgIpc) is 2.53. The zero-order chi connectivity index (χ0) is 11.0. The number of H-pyrrole nitrogens is 2. The van der Waals surface area contributed by atoms with Crippen molar-refractivity contribution in [1.82, 2.24) is 9.97 Å². The van der Waals surface area contributed by atoms with E-state index in [9.17, 15) is 9.59 Å². The van der Waals surface area contributed by atoms with Crippen molar-refractivity contribution in [3.05, 3.63) is 27.7 Å². The van der Waals surface area contributed by atoms with Crippen LogP contribution in [0.25, 0.3) is 11.0 Å². The van der Waals surface area contributed by atoms with Crippen molar-refractivity contribution in [2.75, 3.05) is 0 Å². The average molecular weight is 203 g/mol. The normalized spacial score (nSPS) is 10.3. The molecule has 0 fully saturated rings. The predicted octanol–water partition coefficient (Wildman–Crippen LogP) is 1.44. The topological polar surface area (TPSA) is 78.1 Å². The number of nitrogens with one attached hydrogen (secondary N) is 2. The van der Waals surface area contributed by atoms with E-state index in [0.717, 1.165) is 11.1 Å². The third kappa shape index (κ3) is 1.39. The number of aromatic amines is 2. The van der Waals surface area contributed by atoms with Crippen LogP contribution in [-0.2, 0) is 4.79 Å². The molecule has 1 aromatic carbocycles. The van der Waals surface area contributed by atoms with E-state index in [4.69, 9.17) is 0 Å². The van der Waals surface area contributed by atoms with Crippen molar-refractivity contribution < 1.29 is 4.79 Å². The summed E-state index contributed by atoms with van der Waals surface area (Å²) < 4.78 is 0. The van der Waals surface area contributed by atoms with Crippen LogP contribution in [0.2, 0.25) is 0 Å². The number of hydrogen-bond donors (Lipinski definition) is 2. The first-order valence-corrected chi connectivity index (χ1v) is 4.43. The van der Waals surface area contributed by atoms with Gasteiger partial charge in [0, 0.05) is 0 Å². The first kappa shape index (κ1) is 9.43. The number of carbonyl (C=O) groups excluding carboxylic acids is 1. The molecule has 76 valence electrons. The van der Waals surface area contributed by atoms with Gasteiger partial charge in [-0.25, -0.2) is 9.59 Å². The molecule has 0 aliphatic heterocycles. The molecule has 2 rings (SSSR count). The summed E-state index contributed by atoms with van der Waals surface area (Å²) in [4.78, 5) is 30.2. The molecule has 0 bridgehead atoms. The lowest BCUT2D eigenvalue weighted by Crippen LogP contribution is -1.99. The maximum Gasteiger partial charge on any atom is 0.323 e. The molecular weight excluding hydrogens is 194 g/mol. The number of rotatable bonds is 1. The monoisotopic (exact) mass is 203 g/mol. The molecule has 2 aromatic rings. The van der Waals surface area contributed by atoms with Crippen molar-refractivity contribution in [3.8, 4) is 0 Å². The number of hydrogen-bond acceptors (Lipinski definition) is 3. The summed E-state index contributed by atoms with van der Waals surface area (Å²) in [6, 6.07) is 1.84. The standard InChI is InChI=1S/C10H9N3O2/c1-5-3-7-9(13-10(15)12-7)8(6(5)2)11-4-14/h3H,1-2H3,(H2,12,13,15). The number of aliphatic imine (C=N–C) groups is 1. The summed E-state index contributed by atoms with van der Waals surface area (Å²) in [7, 11) is 0. The van der Waals surface area contributed by atoms with E-state index in [2.05, 4.69) is 15.0 Å². The lowest BCUT2D eigenvalue weighted by Gasteiger charge is -2.03. The van der Waals surface area contributed by atoms with E-state index in [0.29, 0.717) is 16.7 Å². The van der Waals surface area contributed by atoms with Gasteiger partial charge in [0.15, 0.2) is 0 Å². The van der Waals surface area contributed by atoms with E-state index in [1.54, 1.807) is 0 Å². The van der Waals surface area contributed by atoms with Crippen LogP contribution >= 0.6 is 0 Å². The van der Waals surface area contributed by atoms with E-state index in [1.165, 1.54) is 6.08 Å². The van der Waals surface area contributed by atoms with Crippen molar-refractivity contribution in [2.24, 2.45) is 4.99 Å². The summed E-state index contributed by atoms with van der Waals surface area (Å²) in [5, 5.41) is 0. The second kappa shape index (κ2) is 3.22. The zero-order valence-electron chi connectivity index (χ0n) is 8.34. The Kier molecular flexibility index (Phi) is 2.02. The molecule has 1 heterocycles. The highest BCUT2D eigenvalue weighted by Crippen LogP contribution is 2.28. The largest absolute Gasteiger partial charge is 0.323 e. The Morgan fingerprint density at radius 3 is 2.73 bits per heavy atom. The molecule has 0 atom stereocenters. The number of fused-ring (bicyclic) bond motifs is 1. The van der Waals surface area contributed by atoms with Gasteiger partial charge < -0.3 is 9.97 Å². The van der Waals surface area contributed by atoms with Crippen LogP contribution in [0.15, 0.2) is 15.9 Å². The molecule has 0 amide bonds. The minimum absolute atomic E-state index is 0.308. The fourth-order valence-corrected chi connectivity index (χ4v) is 1.58. The molecule has 1 aromatic heterocycles. The van der Waals surface area contributed by atoms with Gasteiger partial charge in [-0.05, 0) is 31.0 Å². The highest BCUT2D eigenvalue weighted by atomic mass is 16.1. The number of imidazole rings is 1. The Labute approximate surface area is 84.9 Å². The molecule has 0 aliphatic carbocycles. The maximum atomic E-state index is 11.1. The van der Waals surface area contributed by atoms with Gasteiger partial charge in [-0.3, -0.25) is 0 Å². The summed E-state index contributed by atoms with van der Waals surface area (Å²) in [6.07, 6.45) is 1.49. The third-order valence-electron chi connectivity index (χ3n) is 2.46. The van der Waals surface area contributed by atoms with Crippen LogP contribution in [0.4, 0.5) is 5.69 Å². The number of isocyanates is 1. The van der Waals surface area contributed by atoms with Crippen molar-refractivity contribution in [2.45, 2.75) is 13.8 Å². The van der Waals surface area contributed by atoms with E-state index < -0.39 is 0 Å². The van der Waals surface area contributed by atoms with Gasteiger partial charge >= 0.3 is 5.69 Å². The number of nitrogens with zero attached hydrogens (tertiary/aromatic N) is 1. The first-order valence-electron chi connectivity index (χ1n) is 4.43. The Morgan fingerprint density at radius 2 is 2.07 bits per heavy atom. The molecule has 5 heteroatoms. The van der Waals surface area contributed by atoms with Gasteiger partial charge in [0.2, 0.25) is 6.08 Å². The molecule has 0 unspecified atom stereocenters. The highest BCUT2D eigenvalue weighted by Gasteiger charge is 2.09. The van der Waals surface area contributed by atoms with Gasteiger partial charge in [-0.1, -0.05) is 0 Å². The third-order valence-corrected chi connectivity index (χ3v) is 2.46. The molecule has 0 spiro atoms. The Hall–Kier alpha value is -2.13. The van der Waals surface area contributed by atoms with Gasteiger partial charge in [0.1, 0.15) is 5.69 Å². The number of aryl methyl sites for hydroxylation is 1. The van der Waals surface area contributed by atoms with Crippen LogP contribution < -0.4 is 5.69 Å². The van der Waals surface area contributed by atoms with E-state index >= 15 is 0 Å². The SMILES string of the molecule is Cc1cc2[nH]c(=O)[nH]c2c(N=C=O)c1C. The number of benzene rings is 1. The summed E-state index contributed by atoms with van der Waals surface area (Å²) >= 11 is 0. The molecule has 2 N–H and O–H groups in total. The quantitative estimate of drug-likeness (QED) is 0.543. The zero-order valence-corrected chi connectivity index (χ0v) is 8.34. The second-order valence-corrected chi connectivity index (χ2v) is 3.37. The fraction of sp³-hybridized carbons (Fsp3) is 0.200. The van der Waals surface area contributed by atoms with Crippen molar-refractivity contribution in [1.29, 1.82) is 0 Å². The molecular formula is C10H9N3O2. The van der Waals surface area contributed by atoms with Crippen molar-refractivity contribution in [3.63, 3.8) is 0 Å². The maximum absolute atomic E-state index is 11.1. The Bertz CT molecular complexity index is 630. The van der Waals surface area contributed by atoms with Crippen LogP contribution in [0.1, 0.15) is 11.1 Å². The summed E-state index contributed by atoms with van der Waals surface area (Å²) in [5.74, 6) is 0.